The van der Waals surface area contributed by atoms with E-state index in [4.69, 9.17) is 0 Å². The van der Waals surface area contributed by atoms with E-state index in [1.54, 1.807) is 0 Å². The zero-order valence-corrected chi connectivity index (χ0v) is 9.01. The Morgan fingerprint density at radius 3 is 2.77 bits per heavy atom. The van der Waals surface area contributed by atoms with E-state index in [9.17, 15) is 0 Å². The van der Waals surface area contributed by atoms with Crippen LogP contribution in [0.15, 0.2) is 36.0 Å². The zero-order chi connectivity index (χ0) is 9.84. The Balaban J connectivity index is 2.69. The van der Waals surface area contributed by atoms with Gasteiger partial charge in [0.2, 0.25) is 0 Å². The van der Waals surface area contributed by atoms with E-state index in [0.29, 0.717) is 11.8 Å². The number of rotatable bonds is 2. The smallest absolute Gasteiger partial charge is 0.0168 e. The van der Waals surface area contributed by atoms with Crippen LogP contribution in [-0.2, 0) is 0 Å². The number of hydrogen-bond acceptors (Lipinski definition) is 0. The molecule has 0 aliphatic heterocycles. The third kappa shape index (κ3) is 2.58. The Morgan fingerprint density at radius 1 is 1.62 bits per heavy atom. The minimum atomic E-state index is 0.701. The van der Waals surface area contributed by atoms with Crippen molar-refractivity contribution in [3.8, 4) is 0 Å². The maximum absolute atomic E-state index is 4.04. The largest absolute Gasteiger partial charge is 0.0998 e. The molecule has 0 bridgehead atoms. The van der Waals surface area contributed by atoms with Crippen LogP contribution < -0.4 is 0 Å². The second-order valence-corrected chi connectivity index (χ2v) is 4.12. The van der Waals surface area contributed by atoms with Crippen LogP contribution in [0.1, 0.15) is 33.6 Å². The van der Waals surface area contributed by atoms with Crippen molar-refractivity contribution < 1.29 is 0 Å². The molecule has 0 saturated carbocycles. The van der Waals surface area contributed by atoms with Crippen molar-refractivity contribution in [3.05, 3.63) is 36.0 Å². The lowest BCUT2D eigenvalue weighted by Crippen LogP contribution is -2.13. The van der Waals surface area contributed by atoms with Gasteiger partial charge in [-0.2, -0.15) is 0 Å². The fourth-order valence-electron chi connectivity index (χ4n) is 1.97. The highest BCUT2D eigenvalue weighted by Crippen LogP contribution is 2.32. The van der Waals surface area contributed by atoms with Crippen molar-refractivity contribution in [2.75, 3.05) is 0 Å². The molecule has 0 spiro atoms. The van der Waals surface area contributed by atoms with Crippen molar-refractivity contribution >= 4 is 0 Å². The van der Waals surface area contributed by atoms with Crippen LogP contribution in [0.3, 0.4) is 0 Å². The summed E-state index contributed by atoms with van der Waals surface area (Å²) in [5.74, 6) is 1.41. The quantitative estimate of drug-likeness (QED) is 0.555. The van der Waals surface area contributed by atoms with Crippen molar-refractivity contribution in [1.29, 1.82) is 0 Å². The molecule has 72 valence electrons. The highest BCUT2D eigenvalue weighted by Gasteiger charge is 2.19. The molecule has 2 unspecified atom stereocenters. The molecule has 0 aromatic heterocycles. The Bertz CT molecular complexity index is 243. The van der Waals surface area contributed by atoms with Gasteiger partial charge in [0.15, 0.2) is 0 Å². The molecule has 0 aromatic rings. The Morgan fingerprint density at radius 2 is 2.31 bits per heavy atom. The van der Waals surface area contributed by atoms with Gasteiger partial charge in [-0.25, -0.2) is 0 Å². The summed E-state index contributed by atoms with van der Waals surface area (Å²) in [5.41, 5.74) is 2.84. The molecular weight excluding hydrogens is 156 g/mol. The number of allylic oxidation sites excluding steroid dienone is 5. The molecule has 0 heteroatoms. The SMILES string of the molecule is C=C(C)C1CC=C(C=CC)C(C)C1. The van der Waals surface area contributed by atoms with E-state index < -0.39 is 0 Å². The van der Waals surface area contributed by atoms with Gasteiger partial charge in [0.05, 0.1) is 0 Å². The van der Waals surface area contributed by atoms with Gasteiger partial charge < -0.3 is 0 Å². The highest BCUT2D eigenvalue weighted by molar-refractivity contribution is 5.24. The fraction of sp³-hybridized carbons (Fsp3) is 0.538. The average molecular weight is 176 g/mol. The van der Waals surface area contributed by atoms with Gasteiger partial charge in [0, 0.05) is 0 Å². The van der Waals surface area contributed by atoms with E-state index in [0.717, 1.165) is 0 Å². The van der Waals surface area contributed by atoms with Crippen molar-refractivity contribution in [3.63, 3.8) is 0 Å². The lowest BCUT2D eigenvalue weighted by molar-refractivity contribution is 0.456. The molecule has 13 heavy (non-hydrogen) atoms. The fourth-order valence-corrected chi connectivity index (χ4v) is 1.97. The van der Waals surface area contributed by atoms with Crippen LogP contribution in [0, 0.1) is 11.8 Å². The lowest BCUT2D eigenvalue weighted by Gasteiger charge is -2.26. The lowest BCUT2D eigenvalue weighted by atomic mass is 9.79. The summed E-state index contributed by atoms with van der Waals surface area (Å²) in [4.78, 5) is 0. The molecule has 0 radical (unpaired) electrons. The Kier molecular flexibility index (Phi) is 3.53. The topological polar surface area (TPSA) is 0 Å². The van der Waals surface area contributed by atoms with Crippen LogP contribution in [-0.4, -0.2) is 0 Å². The van der Waals surface area contributed by atoms with Gasteiger partial charge in [-0.15, -0.1) is 0 Å². The van der Waals surface area contributed by atoms with Crippen molar-refractivity contribution in [2.24, 2.45) is 11.8 Å². The predicted octanol–water partition coefficient (Wildman–Crippen LogP) is 4.11. The average Bonchev–Trinajstić information content (AvgIpc) is 2.08. The molecule has 1 aliphatic carbocycles. The number of hydrogen-bond donors (Lipinski definition) is 0. The minimum Gasteiger partial charge on any atom is -0.0998 e. The van der Waals surface area contributed by atoms with Gasteiger partial charge in [-0.1, -0.05) is 37.3 Å². The summed E-state index contributed by atoms with van der Waals surface area (Å²) < 4.78 is 0. The Hall–Kier alpha value is -0.780. The van der Waals surface area contributed by atoms with Crippen molar-refractivity contribution in [1.82, 2.24) is 0 Å². The van der Waals surface area contributed by atoms with Crippen LogP contribution in [0.4, 0.5) is 0 Å². The molecule has 0 nitrogen and oxygen atoms in total. The summed E-state index contributed by atoms with van der Waals surface area (Å²) in [5, 5.41) is 0. The third-order valence-corrected chi connectivity index (χ3v) is 2.90. The van der Waals surface area contributed by atoms with Crippen LogP contribution >= 0.6 is 0 Å². The summed E-state index contributed by atoms with van der Waals surface area (Å²) in [6.07, 6.45) is 9.18. The molecule has 0 fully saturated rings. The second kappa shape index (κ2) is 4.45. The van der Waals surface area contributed by atoms with E-state index in [1.165, 1.54) is 24.0 Å². The van der Waals surface area contributed by atoms with E-state index in [1.807, 2.05) is 0 Å². The first-order valence-corrected chi connectivity index (χ1v) is 5.13. The molecule has 0 heterocycles. The third-order valence-electron chi connectivity index (χ3n) is 2.90. The van der Waals surface area contributed by atoms with Gasteiger partial charge in [0.1, 0.15) is 0 Å². The van der Waals surface area contributed by atoms with E-state index >= 15 is 0 Å². The summed E-state index contributed by atoms with van der Waals surface area (Å²) in [7, 11) is 0. The normalized spacial score (nSPS) is 29.0. The molecule has 0 amide bonds. The van der Waals surface area contributed by atoms with Gasteiger partial charge in [0.25, 0.3) is 0 Å². The molecule has 2 atom stereocenters. The van der Waals surface area contributed by atoms with E-state index in [2.05, 4.69) is 45.6 Å². The first-order valence-electron chi connectivity index (χ1n) is 5.13. The minimum absolute atomic E-state index is 0.701. The predicted molar refractivity (Wildman–Crippen MR) is 59.6 cm³/mol. The highest BCUT2D eigenvalue weighted by atomic mass is 14.2. The molecular formula is C13H20. The first kappa shape index (κ1) is 10.3. The second-order valence-electron chi connectivity index (χ2n) is 4.12. The van der Waals surface area contributed by atoms with Crippen LogP contribution in [0.5, 0.6) is 0 Å². The standard InChI is InChI=1S/C13H20/c1-5-6-12-7-8-13(10(2)3)9-11(12)4/h5-7,11,13H,2,8-9H2,1,3-4H3. The molecule has 0 N–H and O–H groups in total. The van der Waals surface area contributed by atoms with Gasteiger partial charge in [-0.05, 0) is 44.1 Å². The maximum Gasteiger partial charge on any atom is -0.0168 e. The Labute approximate surface area is 82.0 Å². The molecule has 0 aromatic carbocycles. The zero-order valence-electron chi connectivity index (χ0n) is 9.01. The van der Waals surface area contributed by atoms with Crippen LogP contribution in [0.2, 0.25) is 0 Å². The summed E-state index contributed by atoms with van der Waals surface area (Å²) in [6, 6.07) is 0. The summed E-state index contributed by atoms with van der Waals surface area (Å²) in [6.45, 7) is 10.6. The van der Waals surface area contributed by atoms with Gasteiger partial charge >= 0.3 is 0 Å². The molecule has 1 aliphatic rings. The van der Waals surface area contributed by atoms with E-state index in [-0.39, 0.29) is 0 Å². The first-order chi connectivity index (χ1) is 6.15. The van der Waals surface area contributed by atoms with Crippen LogP contribution in [0.25, 0.3) is 0 Å². The van der Waals surface area contributed by atoms with Crippen molar-refractivity contribution in [2.45, 2.75) is 33.6 Å². The molecule has 1 rings (SSSR count). The maximum atomic E-state index is 4.04. The summed E-state index contributed by atoms with van der Waals surface area (Å²) >= 11 is 0. The monoisotopic (exact) mass is 176 g/mol. The van der Waals surface area contributed by atoms with Gasteiger partial charge in [-0.3, -0.25) is 0 Å². The molecule has 0 saturated heterocycles.